The maximum Gasteiger partial charge on any atom is 0.137 e. The van der Waals surface area contributed by atoms with Crippen LogP contribution in [0.3, 0.4) is 0 Å². The standard InChI is InChI=1S/C17H23N3O3/c21-10-16(11-22)7-6-15(8-14-4-2-1-3-5-14)17(16,23)9-20-13-18-12-19-20/h1-5,12-13,15,21-23H,6-11H2. The number of aliphatic hydroxyl groups is 3. The molecule has 2 atom stereocenters. The molecule has 2 aromatic rings. The molecule has 1 aromatic carbocycles. The third-order valence-electron chi connectivity index (χ3n) is 5.36. The van der Waals surface area contributed by atoms with Crippen molar-refractivity contribution in [3.05, 3.63) is 48.5 Å². The van der Waals surface area contributed by atoms with Gasteiger partial charge in [-0.05, 0) is 30.7 Å². The van der Waals surface area contributed by atoms with Crippen molar-refractivity contribution >= 4 is 0 Å². The predicted octanol–water partition coefficient (Wildman–Crippen LogP) is 0.633. The molecule has 3 N–H and O–H groups in total. The summed E-state index contributed by atoms with van der Waals surface area (Å²) >= 11 is 0. The molecule has 1 fully saturated rings. The van der Waals surface area contributed by atoms with E-state index < -0.39 is 11.0 Å². The summed E-state index contributed by atoms with van der Waals surface area (Å²) in [6.07, 6.45) is 5.01. The Bertz CT molecular complexity index is 613. The first kappa shape index (κ1) is 16.1. The summed E-state index contributed by atoms with van der Waals surface area (Å²) in [5.74, 6) is -0.0617. The zero-order valence-electron chi connectivity index (χ0n) is 13.0. The molecule has 0 amide bonds. The lowest BCUT2D eigenvalue weighted by molar-refractivity contribution is -0.143. The lowest BCUT2D eigenvalue weighted by Crippen LogP contribution is -2.55. The van der Waals surface area contributed by atoms with E-state index in [0.29, 0.717) is 12.8 Å². The molecular weight excluding hydrogens is 294 g/mol. The third-order valence-corrected chi connectivity index (χ3v) is 5.36. The smallest absolute Gasteiger partial charge is 0.137 e. The maximum absolute atomic E-state index is 11.5. The molecule has 6 heteroatoms. The van der Waals surface area contributed by atoms with Gasteiger partial charge in [0.25, 0.3) is 0 Å². The molecule has 6 nitrogen and oxygen atoms in total. The zero-order chi connectivity index (χ0) is 16.3. The predicted molar refractivity (Wildman–Crippen MR) is 84.4 cm³/mol. The first-order valence-electron chi connectivity index (χ1n) is 7.94. The molecule has 0 bridgehead atoms. The first-order valence-corrected chi connectivity index (χ1v) is 7.94. The van der Waals surface area contributed by atoms with E-state index in [9.17, 15) is 15.3 Å². The van der Waals surface area contributed by atoms with E-state index >= 15 is 0 Å². The molecule has 0 spiro atoms. The number of benzene rings is 1. The quantitative estimate of drug-likeness (QED) is 0.727. The van der Waals surface area contributed by atoms with Crippen LogP contribution in [-0.4, -0.2) is 48.9 Å². The van der Waals surface area contributed by atoms with E-state index in [1.807, 2.05) is 30.3 Å². The Balaban J connectivity index is 1.91. The van der Waals surface area contributed by atoms with Gasteiger partial charge in [0.15, 0.2) is 0 Å². The summed E-state index contributed by atoms with van der Waals surface area (Å²) in [5, 5.41) is 35.4. The van der Waals surface area contributed by atoms with Gasteiger partial charge in [0, 0.05) is 5.41 Å². The van der Waals surface area contributed by atoms with Crippen molar-refractivity contribution in [1.29, 1.82) is 0 Å². The zero-order valence-corrected chi connectivity index (χ0v) is 13.0. The van der Waals surface area contributed by atoms with E-state index in [4.69, 9.17) is 0 Å². The Morgan fingerprint density at radius 1 is 1.17 bits per heavy atom. The number of aliphatic hydroxyl groups excluding tert-OH is 2. The van der Waals surface area contributed by atoms with Crippen molar-refractivity contribution in [2.24, 2.45) is 11.3 Å². The number of hydrogen-bond acceptors (Lipinski definition) is 5. The van der Waals surface area contributed by atoms with E-state index in [1.165, 1.54) is 6.33 Å². The van der Waals surface area contributed by atoms with Crippen LogP contribution in [0.15, 0.2) is 43.0 Å². The van der Waals surface area contributed by atoms with Crippen LogP contribution in [0.2, 0.25) is 0 Å². The molecule has 2 unspecified atom stereocenters. The highest BCUT2D eigenvalue weighted by atomic mass is 16.3. The monoisotopic (exact) mass is 317 g/mol. The second-order valence-corrected chi connectivity index (χ2v) is 6.54. The fourth-order valence-electron chi connectivity index (χ4n) is 3.85. The number of aromatic nitrogens is 3. The SMILES string of the molecule is OCC1(CO)CCC(Cc2ccccc2)C1(O)Cn1cncn1. The van der Waals surface area contributed by atoms with Gasteiger partial charge in [-0.3, -0.25) is 4.68 Å². The van der Waals surface area contributed by atoms with Gasteiger partial charge in [-0.15, -0.1) is 0 Å². The highest BCUT2D eigenvalue weighted by molar-refractivity contribution is 5.18. The average molecular weight is 317 g/mol. The van der Waals surface area contributed by atoms with Gasteiger partial charge in [-0.2, -0.15) is 5.10 Å². The Kier molecular flexibility index (Phi) is 4.48. The van der Waals surface area contributed by atoms with E-state index in [-0.39, 0.29) is 25.7 Å². The van der Waals surface area contributed by atoms with Crippen LogP contribution >= 0.6 is 0 Å². The number of hydrogen-bond donors (Lipinski definition) is 3. The van der Waals surface area contributed by atoms with Crippen molar-refractivity contribution < 1.29 is 15.3 Å². The van der Waals surface area contributed by atoms with Crippen LogP contribution in [0.1, 0.15) is 18.4 Å². The van der Waals surface area contributed by atoms with E-state index in [0.717, 1.165) is 12.0 Å². The van der Waals surface area contributed by atoms with E-state index in [1.54, 1.807) is 11.0 Å². The summed E-state index contributed by atoms with van der Waals surface area (Å²) in [6.45, 7) is -0.286. The topological polar surface area (TPSA) is 91.4 Å². The molecule has 0 aliphatic heterocycles. The number of rotatable bonds is 6. The highest BCUT2D eigenvalue weighted by Gasteiger charge is 2.59. The molecule has 1 aliphatic rings. The van der Waals surface area contributed by atoms with Crippen molar-refractivity contribution in [3.63, 3.8) is 0 Å². The Hall–Kier alpha value is -1.76. The van der Waals surface area contributed by atoms with Gasteiger partial charge in [-0.1, -0.05) is 30.3 Å². The normalized spacial score (nSPS) is 26.5. The van der Waals surface area contributed by atoms with Crippen LogP contribution in [0, 0.1) is 11.3 Å². The molecule has 1 saturated carbocycles. The van der Waals surface area contributed by atoms with Crippen LogP contribution in [0.4, 0.5) is 0 Å². The minimum atomic E-state index is -1.24. The van der Waals surface area contributed by atoms with Crippen LogP contribution in [-0.2, 0) is 13.0 Å². The van der Waals surface area contributed by atoms with Gasteiger partial charge >= 0.3 is 0 Å². The fraction of sp³-hybridized carbons (Fsp3) is 0.529. The minimum absolute atomic E-state index is 0.0617. The number of nitrogens with zero attached hydrogens (tertiary/aromatic N) is 3. The molecule has 1 heterocycles. The second-order valence-electron chi connectivity index (χ2n) is 6.54. The second kappa shape index (κ2) is 6.39. The molecule has 23 heavy (non-hydrogen) atoms. The Morgan fingerprint density at radius 3 is 2.52 bits per heavy atom. The Labute approximate surface area is 135 Å². The summed E-state index contributed by atoms with van der Waals surface area (Å²) in [7, 11) is 0. The summed E-state index contributed by atoms with van der Waals surface area (Å²) in [4.78, 5) is 3.92. The Morgan fingerprint density at radius 2 is 1.91 bits per heavy atom. The molecule has 0 saturated heterocycles. The lowest BCUT2D eigenvalue weighted by atomic mass is 9.71. The largest absolute Gasteiger partial charge is 0.396 e. The van der Waals surface area contributed by atoms with Gasteiger partial charge in [0.05, 0.1) is 25.4 Å². The van der Waals surface area contributed by atoms with E-state index in [2.05, 4.69) is 10.1 Å². The first-order chi connectivity index (χ1) is 11.1. The third kappa shape index (κ3) is 2.78. The van der Waals surface area contributed by atoms with Crippen LogP contribution < -0.4 is 0 Å². The van der Waals surface area contributed by atoms with Gasteiger partial charge in [-0.25, -0.2) is 4.98 Å². The molecule has 0 radical (unpaired) electrons. The van der Waals surface area contributed by atoms with Gasteiger partial charge in [0.2, 0.25) is 0 Å². The molecule has 124 valence electrons. The summed E-state index contributed by atoms with van der Waals surface area (Å²) in [6, 6.07) is 9.99. The fourth-order valence-corrected chi connectivity index (χ4v) is 3.85. The van der Waals surface area contributed by atoms with Crippen molar-refractivity contribution in [1.82, 2.24) is 14.8 Å². The van der Waals surface area contributed by atoms with Gasteiger partial charge < -0.3 is 15.3 Å². The molecular formula is C17H23N3O3. The molecule has 3 rings (SSSR count). The van der Waals surface area contributed by atoms with Crippen LogP contribution in [0.25, 0.3) is 0 Å². The minimum Gasteiger partial charge on any atom is -0.396 e. The highest BCUT2D eigenvalue weighted by Crippen LogP contribution is 2.51. The van der Waals surface area contributed by atoms with Crippen molar-refractivity contribution in [2.75, 3.05) is 13.2 Å². The summed E-state index contributed by atoms with van der Waals surface area (Å²) in [5.41, 5.74) is -1.01. The van der Waals surface area contributed by atoms with Crippen molar-refractivity contribution in [2.45, 2.75) is 31.4 Å². The van der Waals surface area contributed by atoms with Crippen molar-refractivity contribution in [3.8, 4) is 0 Å². The average Bonchev–Trinajstić information content (AvgIpc) is 3.17. The summed E-state index contributed by atoms with van der Waals surface area (Å²) < 4.78 is 1.57. The maximum atomic E-state index is 11.5. The van der Waals surface area contributed by atoms with Crippen LogP contribution in [0.5, 0.6) is 0 Å². The molecule has 1 aliphatic carbocycles. The molecule has 1 aromatic heterocycles. The lowest BCUT2D eigenvalue weighted by Gasteiger charge is -2.43. The van der Waals surface area contributed by atoms with Gasteiger partial charge in [0.1, 0.15) is 12.7 Å².